The number of amides is 1. The monoisotopic (exact) mass is 281 g/mol. The molecule has 0 spiro atoms. The van der Waals surface area contributed by atoms with Gasteiger partial charge in [-0.05, 0) is 18.6 Å². The Balaban J connectivity index is 2.16. The van der Waals surface area contributed by atoms with Gasteiger partial charge in [-0.25, -0.2) is 0 Å². The molecule has 1 aromatic heterocycles. The summed E-state index contributed by atoms with van der Waals surface area (Å²) in [6, 6.07) is 7.46. The van der Waals surface area contributed by atoms with Gasteiger partial charge in [0.2, 0.25) is 0 Å². The van der Waals surface area contributed by atoms with Crippen LogP contribution in [-0.4, -0.2) is 22.7 Å². The topological polar surface area (TPSA) is 67.0 Å². The number of rotatable bonds is 5. The standard InChI is InChI=1S/C13H13F2N3O2/c1-2-8-7-11(18-17-8)16-12(19)9-5-3-4-6-10(9)20-13(14)15/h3-7,13H,2H2,1H3,(H2,16,17,18,19). The number of para-hydroxylation sites is 1. The molecule has 1 amide bonds. The van der Waals surface area contributed by atoms with Gasteiger partial charge in [0.25, 0.3) is 5.91 Å². The Labute approximate surface area is 114 Å². The number of aromatic amines is 1. The third kappa shape index (κ3) is 3.31. The van der Waals surface area contributed by atoms with Gasteiger partial charge in [-0.2, -0.15) is 13.9 Å². The highest BCUT2D eigenvalue weighted by Crippen LogP contribution is 2.21. The average molecular weight is 281 g/mol. The van der Waals surface area contributed by atoms with E-state index in [0.717, 1.165) is 12.1 Å². The fourth-order valence-corrected chi connectivity index (χ4v) is 1.64. The molecule has 5 nitrogen and oxygen atoms in total. The summed E-state index contributed by atoms with van der Waals surface area (Å²) in [7, 11) is 0. The molecule has 1 heterocycles. The summed E-state index contributed by atoms with van der Waals surface area (Å²) in [5.74, 6) is -0.402. The Bertz CT molecular complexity index is 599. The molecule has 2 rings (SSSR count). The third-order valence-electron chi connectivity index (χ3n) is 2.60. The highest BCUT2D eigenvalue weighted by Gasteiger charge is 2.16. The number of nitrogens with zero attached hydrogens (tertiary/aromatic N) is 1. The van der Waals surface area contributed by atoms with Crippen LogP contribution in [0.5, 0.6) is 5.75 Å². The van der Waals surface area contributed by atoms with E-state index in [2.05, 4.69) is 20.3 Å². The molecule has 0 atom stereocenters. The Kier molecular flexibility index (Phi) is 4.29. The molecule has 0 unspecified atom stereocenters. The molecule has 0 aliphatic carbocycles. The number of anilines is 1. The fraction of sp³-hybridized carbons (Fsp3) is 0.231. The van der Waals surface area contributed by atoms with Gasteiger partial charge in [0.1, 0.15) is 5.75 Å². The molecule has 0 fully saturated rings. The summed E-state index contributed by atoms with van der Waals surface area (Å²) in [4.78, 5) is 12.0. The van der Waals surface area contributed by atoms with E-state index in [0.29, 0.717) is 5.82 Å². The molecule has 1 aromatic carbocycles. The van der Waals surface area contributed by atoms with Crippen molar-refractivity contribution in [2.24, 2.45) is 0 Å². The zero-order chi connectivity index (χ0) is 14.5. The van der Waals surface area contributed by atoms with Crippen molar-refractivity contribution in [3.05, 3.63) is 41.6 Å². The van der Waals surface area contributed by atoms with Crippen molar-refractivity contribution < 1.29 is 18.3 Å². The maximum atomic E-state index is 12.3. The molecule has 0 radical (unpaired) electrons. The molecule has 0 saturated heterocycles. The van der Waals surface area contributed by atoms with Crippen LogP contribution in [0, 0.1) is 0 Å². The number of nitrogens with one attached hydrogen (secondary N) is 2. The van der Waals surface area contributed by atoms with E-state index < -0.39 is 12.5 Å². The largest absolute Gasteiger partial charge is 0.434 e. The van der Waals surface area contributed by atoms with Crippen LogP contribution in [-0.2, 0) is 6.42 Å². The first kappa shape index (κ1) is 14.0. The van der Waals surface area contributed by atoms with Crippen LogP contribution in [0.3, 0.4) is 0 Å². The number of halogens is 2. The lowest BCUT2D eigenvalue weighted by molar-refractivity contribution is -0.0501. The predicted octanol–water partition coefficient (Wildman–Crippen LogP) is 2.83. The average Bonchev–Trinajstić information content (AvgIpc) is 2.86. The van der Waals surface area contributed by atoms with Gasteiger partial charge in [-0.15, -0.1) is 0 Å². The van der Waals surface area contributed by atoms with Crippen molar-refractivity contribution in [2.75, 3.05) is 5.32 Å². The van der Waals surface area contributed by atoms with Gasteiger partial charge < -0.3 is 10.1 Å². The van der Waals surface area contributed by atoms with Crippen LogP contribution in [0.15, 0.2) is 30.3 Å². The number of hydrogen-bond donors (Lipinski definition) is 2. The van der Waals surface area contributed by atoms with Crippen LogP contribution in [0.4, 0.5) is 14.6 Å². The summed E-state index contributed by atoms with van der Waals surface area (Å²) in [6.07, 6.45) is 0.744. The number of alkyl halides is 2. The zero-order valence-electron chi connectivity index (χ0n) is 10.7. The summed E-state index contributed by atoms with van der Waals surface area (Å²) in [5.41, 5.74) is 0.881. The summed E-state index contributed by atoms with van der Waals surface area (Å²) in [6.45, 7) is -1.05. The van der Waals surface area contributed by atoms with Gasteiger partial charge in [0.15, 0.2) is 5.82 Å². The van der Waals surface area contributed by atoms with E-state index in [4.69, 9.17) is 0 Å². The van der Waals surface area contributed by atoms with Gasteiger partial charge in [0.05, 0.1) is 5.56 Å². The number of carbonyl (C=O) groups excluding carboxylic acids is 1. The Hall–Kier alpha value is -2.44. The predicted molar refractivity (Wildman–Crippen MR) is 69.0 cm³/mol. The van der Waals surface area contributed by atoms with E-state index in [9.17, 15) is 13.6 Å². The SMILES string of the molecule is CCc1cc(NC(=O)c2ccccc2OC(F)F)n[nH]1. The molecule has 0 saturated carbocycles. The van der Waals surface area contributed by atoms with Crippen LogP contribution in [0.25, 0.3) is 0 Å². The molecule has 20 heavy (non-hydrogen) atoms. The first-order valence-corrected chi connectivity index (χ1v) is 5.99. The molecule has 106 valence electrons. The maximum absolute atomic E-state index is 12.3. The van der Waals surface area contributed by atoms with E-state index in [1.165, 1.54) is 18.2 Å². The first-order chi connectivity index (χ1) is 9.60. The van der Waals surface area contributed by atoms with Crippen LogP contribution < -0.4 is 10.1 Å². The van der Waals surface area contributed by atoms with Crippen molar-refractivity contribution >= 4 is 11.7 Å². The van der Waals surface area contributed by atoms with Crippen molar-refractivity contribution in [1.29, 1.82) is 0 Å². The smallest absolute Gasteiger partial charge is 0.387 e. The number of hydrogen-bond acceptors (Lipinski definition) is 3. The molecule has 7 heteroatoms. The third-order valence-corrected chi connectivity index (χ3v) is 2.60. The van der Waals surface area contributed by atoms with Crippen molar-refractivity contribution in [1.82, 2.24) is 10.2 Å². The number of aryl methyl sites for hydroxylation is 1. The molecule has 0 bridgehead atoms. The van der Waals surface area contributed by atoms with Gasteiger partial charge >= 0.3 is 6.61 Å². The van der Waals surface area contributed by atoms with Gasteiger partial charge in [-0.3, -0.25) is 9.89 Å². The van der Waals surface area contributed by atoms with E-state index in [1.807, 2.05) is 6.92 Å². The molecular weight excluding hydrogens is 268 g/mol. The maximum Gasteiger partial charge on any atom is 0.387 e. The van der Waals surface area contributed by atoms with Gasteiger partial charge in [-0.1, -0.05) is 19.1 Å². The lowest BCUT2D eigenvalue weighted by atomic mass is 10.2. The van der Waals surface area contributed by atoms with Crippen LogP contribution >= 0.6 is 0 Å². The van der Waals surface area contributed by atoms with E-state index in [1.54, 1.807) is 12.1 Å². The quantitative estimate of drug-likeness (QED) is 0.885. The normalized spacial score (nSPS) is 10.6. The minimum atomic E-state index is -2.99. The summed E-state index contributed by atoms with van der Waals surface area (Å²) >= 11 is 0. The second-order valence-corrected chi connectivity index (χ2v) is 3.96. The first-order valence-electron chi connectivity index (χ1n) is 5.99. The van der Waals surface area contributed by atoms with Crippen molar-refractivity contribution in [3.8, 4) is 5.75 Å². The zero-order valence-corrected chi connectivity index (χ0v) is 10.7. The minimum Gasteiger partial charge on any atom is -0.434 e. The number of aromatic nitrogens is 2. The Morgan fingerprint density at radius 2 is 2.20 bits per heavy atom. The van der Waals surface area contributed by atoms with Crippen LogP contribution in [0.1, 0.15) is 23.0 Å². The van der Waals surface area contributed by atoms with Crippen molar-refractivity contribution in [2.45, 2.75) is 20.0 Å². The summed E-state index contributed by atoms with van der Waals surface area (Å²) < 4.78 is 28.8. The number of H-pyrrole nitrogens is 1. The summed E-state index contributed by atoms with van der Waals surface area (Å²) in [5, 5.41) is 9.16. The Morgan fingerprint density at radius 1 is 1.45 bits per heavy atom. The second-order valence-electron chi connectivity index (χ2n) is 3.96. The van der Waals surface area contributed by atoms with E-state index >= 15 is 0 Å². The minimum absolute atomic E-state index is 0.0221. The van der Waals surface area contributed by atoms with Crippen LogP contribution in [0.2, 0.25) is 0 Å². The van der Waals surface area contributed by atoms with Gasteiger partial charge in [0, 0.05) is 11.8 Å². The number of benzene rings is 1. The lowest BCUT2D eigenvalue weighted by Crippen LogP contribution is -2.15. The van der Waals surface area contributed by atoms with E-state index in [-0.39, 0.29) is 11.3 Å². The highest BCUT2D eigenvalue weighted by atomic mass is 19.3. The molecule has 2 N–H and O–H groups in total. The molecule has 0 aliphatic rings. The highest BCUT2D eigenvalue weighted by molar-refractivity contribution is 6.05. The molecule has 2 aromatic rings. The molecule has 0 aliphatic heterocycles. The Morgan fingerprint density at radius 3 is 2.85 bits per heavy atom. The molecular formula is C13H13F2N3O2. The number of carbonyl (C=O) groups is 1. The lowest BCUT2D eigenvalue weighted by Gasteiger charge is -2.09. The second kappa shape index (κ2) is 6.14. The number of ether oxygens (including phenoxy) is 1. The fourth-order valence-electron chi connectivity index (χ4n) is 1.64. The van der Waals surface area contributed by atoms with Crippen molar-refractivity contribution in [3.63, 3.8) is 0 Å².